The number of aromatic hydroxyl groups is 1. The lowest BCUT2D eigenvalue weighted by Crippen LogP contribution is -2.46. The van der Waals surface area contributed by atoms with Crippen LogP contribution in [0, 0.1) is 5.92 Å². The molecule has 1 saturated heterocycles. The van der Waals surface area contributed by atoms with Gasteiger partial charge >= 0.3 is 0 Å². The van der Waals surface area contributed by atoms with Crippen molar-refractivity contribution in [3.63, 3.8) is 0 Å². The van der Waals surface area contributed by atoms with Crippen molar-refractivity contribution in [2.45, 2.75) is 51.1 Å². The van der Waals surface area contributed by atoms with Crippen molar-refractivity contribution < 1.29 is 14.6 Å². The number of phenols is 1. The van der Waals surface area contributed by atoms with Gasteiger partial charge in [-0.05, 0) is 44.2 Å². The summed E-state index contributed by atoms with van der Waals surface area (Å²) in [6.45, 7) is 2.23. The molecule has 4 heteroatoms. The van der Waals surface area contributed by atoms with Crippen LogP contribution < -0.4 is 9.47 Å². The summed E-state index contributed by atoms with van der Waals surface area (Å²) in [5.41, 5.74) is 0.963. The molecule has 1 aromatic rings. The zero-order valence-corrected chi connectivity index (χ0v) is 12.4. The number of benzene rings is 1. The van der Waals surface area contributed by atoms with Crippen molar-refractivity contribution in [2.24, 2.45) is 5.92 Å². The lowest BCUT2D eigenvalue weighted by atomic mass is 9.78. The van der Waals surface area contributed by atoms with Crippen LogP contribution in [0.5, 0.6) is 17.2 Å². The Bertz CT molecular complexity index is 529. The number of hydrogen-bond donors (Lipinski definition) is 1. The Morgan fingerprint density at radius 1 is 1.05 bits per heavy atom. The number of rotatable bonds is 2. The van der Waals surface area contributed by atoms with Gasteiger partial charge in [0.25, 0.3) is 0 Å². The van der Waals surface area contributed by atoms with Crippen molar-refractivity contribution in [3.8, 4) is 17.2 Å². The summed E-state index contributed by atoms with van der Waals surface area (Å²) in [5.74, 6) is 2.62. The molecule has 1 N–H and O–H groups in total. The fraction of sp³-hybridized carbons (Fsp3) is 0.647. The number of ether oxygens (including phenoxy) is 2. The van der Waals surface area contributed by atoms with Crippen LogP contribution in [-0.4, -0.2) is 29.4 Å². The molecule has 0 amide bonds. The molecule has 4 nitrogen and oxygen atoms in total. The number of nitrogens with zero attached hydrogens (tertiary/aromatic N) is 1. The molecule has 0 aromatic heterocycles. The molecule has 1 saturated carbocycles. The first kappa shape index (κ1) is 13.3. The lowest BCUT2D eigenvalue weighted by molar-refractivity contribution is 0.0541. The molecule has 4 rings (SSSR count). The summed E-state index contributed by atoms with van der Waals surface area (Å²) in [6.07, 6.45) is 8.11. The molecule has 2 heterocycles. The number of likely N-dealkylation sites (tertiary alicyclic amines) is 1. The molecule has 21 heavy (non-hydrogen) atoms. The fourth-order valence-corrected chi connectivity index (χ4v) is 4.24. The number of piperidine rings is 1. The first-order chi connectivity index (χ1) is 10.3. The maximum absolute atomic E-state index is 10.2. The predicted molar refractivity (Wildman–Crippen MR) is 79.6 cm³/mol. The standard InChI is InChI=1S/C17H23NO3/c19-15-9-17-16(20-11-21-17)8-13(15)10-18-7-3-5-12-4-1-2-6-14(12)18/h8-9,12,14,19H,1-7,10-11H2/t12-,14+/m1/s1. The fourth-order valence-electron chi connectivity index (χ4n) is 4.24. The van der Waals surface area contributed by atoms with Gasteiger partial charge in [0.1, 0.15) is 5.75 Å². The van der Waals surface area contributed by atoms with Gasteiger partial charge in [0.05, 0.1) is 0 Å². The van der Waals surface area contributed by atoms with Gasteiger partial charge in [0, 0.05) is 24.2 Å². The average molecular weight is 289 g/mol. The highest BCUT2D eigenvalue weighted by molar-refractivity contribution is 5.51. The van der Waals surface area contributed by atoms with Crippen molar-refractivity contribution in [1.29, 1.82) is 0 Å². The molecule has 0 unspecified atom stereocenters. The van der Waals surface area contributed by atoms with E-state index in [1.165, 1.54) is 38.5 Å². The van der Waals surface area contributed by atoms with Crippen molar-refractivity contribution >= 4 is 0 Å². The van der Waals surface area contributed by atoms with E-state index in [2.05, 4.69) is 4.90 Å². The topological polar surface area (TPSA) is 41.9 Å². The second kappa shape index (κ2) is 5.41. The van der Waals surface area contributed by atoms with Crippen LogP contribution in [0.25, 0.3) is 0 Å². The molecular weight excluding hydrogens is 266 g/mol. The minimum atomic E-state index is 0.257. The van der Waals surface area contributed by atoms with Crippen LogP contribution in [0.2, 0.25) is 0 Å². The second-order valence-corrected chi connectivity index (χ2v) is 6.56. The minimum absolute atomic E-state index is 0.257. The van der Waals surface area contributed by atoms with Crippen LogP contribution in [-0.2, 0) is 6.54 Å². The summed E-state index contributed by atoms with van der Waals surface area (Å²) in [4.78, 5) is 2.57. The predicted octanol–water partition coefficient (Wildman–Crippen LogP) is 3.28. The monoisotopic (exact) mass is 289 g/mol. The Hall–Kier alpha value is -1.42. The highest BCUT2D eigenvalue weighted by atomic mass is 16.7. The van der Waals surface area contributed by atoms with Crippen LogP contribution >= 0.6 is 0 Å². The lowest BCUT2D eigenvalue weighted by Gasteiger charge is -2.44. The van der Waals surface area contributed by atoms with Gasteiger partial charge in [-0.3, -0.25) is 4.90 Å². The molecule has 0 spiro atoms. The second-order valence-electron chi connectivity index (χ2n) is 6.56. The van der Waals surface area contributed by atoms with E-state index in [-0.39, 0.29) is 6.79 Å². The summed E-state index contributed by atoms with van der Waals surface area (Å²) >= 11 is 0. The Labute approximate surface area is 125 Å². The molecule has 3 aliphatic rings. The summed E-state index contributed by atoms with van der Waals surface area (Å²) < 4.78 is 10.8. The van der Waals surface area contributed by atoms with Crippen LogP contribution in [0.1, 0.15) is 44.1 Å². The van der Waals surface area contributed by atoms with Crippen molar-refractivity contribution in [2.75, 3.05) is 13.3 Å². The molecule has 2 fully saturated rings. The third-order valence-electron chi connectivity index (χ3n) is 5.31. The van der Waals surface area contributed by atoms with E-state index in [4.69, 9.17) is 9.47 Å². The third kappa shape index (κ3) is 2.46. The zero-order chi connectivity index (χ0) is 14.2. The van der Waals surface area contributed by atoms with E-state index in [1.54, 1.807) is 6.07 Å². The van der Waals surface area contributed by atoms with Gasteiger partial charge in [-0.1, -0.05) is 12.8 Å². The smallest absolute Gasteiger partial charge is 0.231 e. The maximum atomic E-state index is 10.2. The van der Waals surface area contributed by atoms with Gasteiger partial charge < -0.3 is 14.6 Å². The number of hydrogen-bond acceptors (Lipinski definition) is 4. The molecule has 2 atom stereocenters. The van der Waals surface area contributed by atoms with Gasteiger partial charge in [-0.2, -0.15) is 0 Å². The van der Waals surface area contributed by atoms with E-state index in [0.717, 1.165) is 30.3 Å². The molecule has 0 radical (unpaired) electrons. The third-order valence-corrected chi connectivity index (χ3v) is 5.31. The Kier molecular flexibility index (Phi) is 3.42. The molecule has 0 bridgehead atoms. The van der Waals surface area contributed by atoms with E-state index in [1.807, 2.05) is 6.07 Å². The normalized spacial score (nSPS) is 28.4. The van der Waals surface area contributed by atoms with Gasteiger partial charge in [-0.15, -0.1) is 0 Å². The maximum Gasteiger partial charge on any atom is 0.231 e. The Morgan fingerprint density at radius 3 is 2.71 bits per heavy atom. The van der Waals surface area contributed by atoms with E-state index >= 15 is 0 Å². The number of fused-ring (bicyclic) bond motifs is 2. The van der Waals surface area contributed by atoms with Crippen LogP contribution in [0.15, 0.2) is 12.1 Å². The van der Waals surface area contributed by atoms with Crippen LogP contribution in [0.4, 0.5) is 0 Å². The first-order valence-electron chi connectivity index (χ1n) is 8.17. The quantitative estimate of drug-likeness (QED) is 0.907. The first-order valence-corrected chi connectivity index (χ1v) is 8.17. The Morgan fingerprint density at radius 2 is 1.81 bits per heavy atom. The number of phenolic OH excluding ortho intramolecular Hbond substituents is 1. The molecule has 1 aromatic carbocycles. The largest absolute Gasteiger partial charge is 0.507 e. The van der Waals surface area contributed by atoms with E-state index in [9.17, 15) is 5.11 Å². The van der Waals surface area contributed by atoms with Crippen LogP contribution in [0.3, 0.4) is 0 Å². The van der Waals surface area contributed by atoms with Crippen molar-refractivity contribution in [3.05, 3.63) is 17.7 Å². The molecular formula is C17H23NO3. The SMILES string of the molecule is Oc1cc2c(cc1CN1CCC[C@H]3CCCC[C@@H]31)OCO2. The zero-order valence-electron chi connectivity index (χ0n) is 12.4. The van der Waals surface area contributed by atoms with Gasteiger partial charge in [0.2, 0.25) is 6.79 Å². The Balaban J connectivity index is 1.55. The summed E-state index contributed by atoms with van der Waals surface area (Å²) in [6, 6.07) is 4.35. The molecule has 2 aliphatic heterocycles. The highest BCUT2D eigenvalue weighted by Gasteiger charge is 2.33. The van der Waals surface area contributed by atoms with E-state index < -0.39 is 0 Å². The summed E-state index contributed by atoms with van der Waals surface area (Å²) in [5, 5.41) is 10.2. The summed E-state index contributed by atoms with van der Waals surface area (Å²) in [7, 11) is 0. The molecule has 1 aliphatic carbocycles. The minimum Gasteiger partial charge on any atom is -0.507 e. The average Bonchev–Trinajstić information content (AvgIpc) is 2.95. The van der Waals surface area contributed by atoms with Crippen molar-refractivity contribution in [1.82, 2.24) is 4.90 Å². The van der Waals surface area contributed by atoms with Gasteiger partial charge in [-0.25, -0.2) is 0 Å². The molecule has 114 valence electrons. The highest BCUT2D eigenvalue weighted by Crippen LogP contribution is 2.40. The van der Waals surface area contributed by atoms with E-state index in [0.29, 0.717) is 17.5 Å². The van der Waals surface area contributed by atoms with Gasteiger partial charge in [0.15, 0.2) is 11.5 Å².